The van der Waals surface area contributed by atoms with Gasteiger partial charge in [0.25, 0.3) is 0 Å². The highest BCUT2D eigenvalue weighted by molar-refractivity contribution is 7.09. The molecule has 0 saturated carbocycles. The van der Waals surface area contributed by atoms with Crippen LogP contribution in [0.15, 0.2) is 17.5 Å². The summed E-state index contributed by atoms with van der Waals surface area (Å²) in [5.41, 5.74) is 0. The Morgan fingerprint density at radius 1 is 1.75 bits per heavy atom. The Morgan fingerprint density at radius 3 is 2.92 bits per heavy atom. The van der Waals surface area contributed by atoms with Gasteiger partial charge in [0, 0.05) is 22.6 Å². The Kier molecular flexibility index (Phi) is 3.22. The minimum atomic E-state index is -0.413. The smallest absolute Gasteiger partial charge is 0.217 e. The topological polar surface area (TPSA) is 43.1 Å². The molecular formula is C8H11NO2S. The van der Waals surface area contributed by atoms with E-state index in [1.807, 2.05) is 24.4 Å². The summed E-state index contributed by atoms with van der Waals surface area (Å²) in [6, 6.07) is 3.45. The number of thiophene rings is 1. The number of nitro groups is 1. The maximum Gasteiger partial charge on any atom is 0.217 e. The highest BCUT2D eigenvalue weighted by atomic mass is 32.1. The van der Waals surface area contributed by atoms with E-state index >= 15 is 0 Å². The Morgan fingerprint density at radius 2 is 2.50 bits per heavy atom. The summed E-state index contributed by atoms with van der Waals surface area (Å²) < 4.78 is 0. The van der Waals surface area contributed by atoms with Crippen LogP contribution in [-0.4, -0.2) is 11.0 Å². The van der Waals surface area contributed by atoms with Crippen LogP contribution in [0.5, 0.6) is 0 Å². The van der Waals surface area contributed by atoms with Crippen LogP contribution in [0, 0.1) is 10.1 Å². The summed E-state index contributed by atoms with van der Waals surface area (Å²) in [5.74, 6) is 0. The van der Waals surface area contributed by atoms with Crippen LogP contribution in [-0.2, 0) is 6.42 Å². The van der Waals surface area contributed by atoms with Crippen LogP contribution in [0.2, 0.25) is 0 Å². The molecule has 0 aromatic carbocycles. The third-order valence-electron chi connectivity index (χ3n) is 1.79. The molecule has 0 fully saturated rings. The van der Waals surface area contributed by atoms with E-state index in [0.717, 1.165) is 4.88 Å². The first-order valence-electron chi connectivity index (χ1n) is 3.90. The van der Waals surface area contributed by atoms with Crippen LogP contribution in [0.3, 0.4) is 0 Å². The van der Waals surface area contributed by atoms with Crippen molar-refractivity contribution >= 4 is 11.3 Å². The van der Waals surface area contributed by atoms with Crippen LogP contribution in [0.25, 0.3) is 0 Å². The zero-order valence-electron chi connectivity index (χ0n) is 6.90. The Hall–Kier alpha value is -0.900. The second kappa shape index (κ2) is 4.21. The number of rotatable bonds is 4. The van der Waals surface area contributed by atoms with Gasteiger partial charge in [-0.3, -0.25) is 10.1 Å². The molecule has 1 aromatic rings. The van der Waals surface area contributed by atoms with Crippen molar-refractivity contribution in [3.63, 3.8) is 0 Å². The molecular weight excluding hydrogens is 174 g/mol. The van der Waals surface area contributed by atoms with Gasteiger partial charge in [-0.1, -0.05) is 13.0 Å². The van der Waals surface area contributed by atoms with Gasteiger partial charge in [-0.2, -0.15) is 0 Å². The van der Waals surface area contributed by atoms with Crippen molar-refractivity contribution in [3.05, 3.63) is 32.5 Å². The van der Waals surface area contributed by atoms with Gasteiger partial charge in [0.2, 0.25) is 6.04 Å². The van der Waals surface area contributed by atoms with E-state index in [9.17, 15) is 10.1 Å². The molecule has 1 unspecified atom stereocenters. The molecule has 0 saturated heterocycles. The summed E-state index contributed by atoms with van der Waals surface area (Å²) in [6.07, 6.45) is 1.17. The zero-order valence-corrected chi connectivity index (χ0v) is 7.71. The molecule has 0 radical (unpaired) electrons. The molecule has 12 heavy (non-hydrogen) atoms. The lowest BCUT2D eigenvalue weighted by Gasteiger charge is -2.03. The fraction of sp³-hybridized carbons (Fsp3) is 0.500. The Balaban J connectivity index is 2.54. The van der Waals surface area contributed by atoms with Gasteiger partial charge in [0.1, 0.15) is 0 Å². The highest BCUT2D eigenvalue weighted by Crippen LogP contribution is 2.13. The number of hydrogen-bond acceptors (Lipinski definition) is 3. The molecule has 66 valence electrons. The predicted molar refractivity (Wildman–Crippen MR) is 49.1 cm³/mol. The fourth-order valence-corrected chi connectivity index (χ4v) is 1.81. The van der Waals surface area contributed by atoms with Gasteiger partial charge in [-0.15, -0.1) is 11.3 Å². The minimum Gasteiger partial charge on any atom is -0.264 e. The molecule has 1 atom stereocenters. The lowest BCUT2D eigenvalue weighted by atomic mass is 10.1. The minimum absolute atomic E-state index is 0.195. The first kappa shape index (κ1) is 9.19. The molecule has 1 rings (SSSR count). The lowest BCUT2D eigenvalue weighted by Crippen LogP contribution is -2.20. The summed E-state index contributed by atoms with van der Waals surface area (Å²) in [6.45, 7) is 1.85. The molecule has 0 aliphatic rings. The molecule has 3 nitrogen and oxygen atoms in total. The maximum absolute atomic E-state index is 10.5. The maximum atomic E-state index is 10.5. The fourth-order valence-electron chi connectivity index (χ4n) is 1.03. The van der Waals surface area contributed by atoms with Crippen molar-refractivity contribution in [2.45, 2.75) is 25.8 Å². The normalized spacial score (nSPS) is 12.8. The van der Waals surface area contributed by atoms with Crippen molar-refractivity contribution in [2.24, 2.45) is 0 Å². The van der Waals surface area contributed by atoms with Gasteiger partial charge in [0.15, 0.2) is 0 Å². The SMILES string of the molecule is CCC(Cc1cccs1)[N+](=O)[O-]. The van der Waals surface area contributed by atoms with E-state index in [4.69, 9.17) is 0 Å². The molecule has 0 bridgehead atoms. The average Bonchev–Trinajstić information content (AvgIpc) is 2.51. The molecule has 4 heteroatoms. The van der Waals surface area contributed by atoms with Crippen LogP contribution in [0.4, 0.5) is 0 Å². The quantitative estimate of drug-likeness (QED) is 0.533. The van der Waals surface area contributed by atoms with Gasteiger partial charge >= 0.3 is 0 Å². The van der Waals surface area contributed by atoms with Gasteiger partial charge in [-0.05, 0) is 11.4 Å². The van der Waals surface area contributed by atoms with Crippen molar-refractivity contribution < 1.29 is 4.92 Å². The second-order valence-electron chi connectivity index (χ2n) is 2.63. The van der Waals surface area contributed by atoms with Gasteiger partial charge < -0.3 is 0 Å². The predicted octanol–water partition coefficient (Wildman–Crippen LogP) is 2.35. The molecule has 0 spiro atoms. The number of hydrogen-bond donors (Lipinski definition) is 0. The standard InChI is InChI=1S/C8H11NO2S/c1-2-7(9(10)11)6-8-4-3-5-12-8/h3-5,7H,2,6H2,1H3. The average molecular weight is 185 g/mol. The zero-order chi connectivity index (χ0) is 8.97. The first-order valence-corrected chi connectivity index (χ1v) is 4.78. The van der Waals surface area contributed by atoms with E-state index in [2.05, 4.69) is 0 Å². The van der Waals surface area contributed by atoms with Crippen LogP contribution in [0.1, 0.15) is 18.2 Å². The van der Waals surface area contributed by atoms with E-state index < -0.39 is 6.04 Å². The third kappa shape index (κ3) is 2.30. The molecule has 1 heterocycles. The number of nitrogens with zero attached hydrogens (tertiary/aromatic N) is 1. The summed E-state index contributed by atoms with van der Waals surface area (Å²) in [5, 5.41) is 12.4. The van der Waals surface area contributed by atoms with Crippen molar-refractivity contribution in [1.82, 2.24) is 0 Å². The van der Waals surface area contributed by atoms with Crippen molar-refractivity contribution in [2.75, 3.05) is 0 Å². The first-order chi connectivity index (χ1) is 5.74. The van der Waals surface area contributed by atoms with Gasteiger partial charge in [0.05, 0.1) is 0 Å². The molecule has 0 aliphatic heterocycles. The monoisotopic (exact) mass is 185 g/mol. The highest BCUT2D eigenvalue weighted by Gasteiger charge is 2.17. The summed E-state index contributed by atoms with van der Waals surface area (Å²) in [7, 11) is 0. The Labute approximate surface area is 75.2 Å². The van der Waals surface area contributed by atoms with E-state index in [0.29, 0.717) is 12.8 Å². The summed E-state index contributed by atoms with van der Waals surface area (Å²) >= 11 is 1.58. The van der Waals surface area contributed by atoms with Crippen molar-refractivity contribution in [1.29, 1.82) is 0 Å². The lowest BCUT2D eigenvalue weighted by molar-refractivity contribution is -0.522. The van der Waals surface area contributed by atoms with Crippen LogP contribution >= 0.6 is 11.3 Å². The van der Waals surface area contributed by atoms with E-state index in [1.54, 1.807) is 11.3 Å². The third-order valence-corrected chi connectivity index (χ3v) is 2.69. The largest absolute Gasteiger partial charge is 0.264 e. The second-order valence-corrected chi connectivity index (χ2v) is 3.66. The summed E-state index contributed by atoms with van der Waals surface area (Å²) in [4.78, 5) is 11.4. The molecule has 0 amide bonds. The van der Waals surface area contributed by atoms with Gasteiger partial charge in [-0.25, -0.2) is 0 Å². The van der Waals surface area contributed by atoms with E-state index in [-0.39, 0.29) is 4.92 Å². The Bertz CT molecular complexity index is 246. The van der Waals surface area contributed by atoms with Crippen LogP contribution < -0.4 is 0 Å². The van der Waals surface area contributed by atoms with E-state index in [1.165, 1.54) is 0 Å². The molecule has 1 aromatic heterocycles. The van der Waals surface area contributed by atoms with Crippen molar-refractivity contribution in [3.8, 4) is 0 Å². The molecule has 0 aliphatic carbocycles. The molecule has 0 N–H and O–H groups in total.